The third-order valence-electron chi connectivity index (χ3n) is 5.95. The van der Waals surface area contributed by atoms with Gasteiger partial charge in [0.25, 0.3) is 0 Å². The summed E-state index contributed by atoms with van der Waals surface area (Å²) in [6.45, 7) is 4.97. The van der Waals surface area contributed by atoms with Crippen LogP contribution in [0.25, 0.3) is 22.0 Å². The van der Waals surface area contributed by atoms with Crippen LogP contribution in [0.1, 0.15) is 30.1 Å². The van der Waals surface area contributed by atoms with Gasteiger partial charge in [-0.1, -0.05) is 29.8 Å². The number of halogens is 1. The molecular weight excluding hydrogens is 374 g/mol. The first kappa shape index (κ1) is 17.6. The number of aromatic amines is 1. The van der Waals surface area contributed by atoms with E-state index in [0.717, 1.165) is 38.0 Å². The molecule has 0 saturated carbocycles. The fourth-order valence-electron chi connectivity index (χ4n) is 4.41. The Bertz CT molecular complexity index is 1210. The van der Waals surface area contributed by atoms with Gasteiger partial charge >= 0.3 is 5.76 Å². The number of hydrogen-bond donors (Lipinski definition) is 1. The average molecular weight is 396 g/mol. The van der Waals surface area contributed by atoms with Crippen LogP contribution in [0.3, 0.4) is 0 Å². The summed E-state index contributed by atoms with van der Waals surface area (Å²) in [6, 6.07) is 13.9. The van der Waals surface area contributed by atoms with E-state index in [9.17, 15) is 4.79 Å². The van der Waals surface area contributed by atoms with Crippen LogP contribution in [0.4, 0.5) is 0 Å². The molecule has 1 N–H and O–H groups in total. The first-order chi connectivity index (χ1) is 13.6. The molecular formula is C22H22ClN3O2. The van der Waals surface area contributed by atoms with E-state index in [1.165, 1.54) is 22.2 Å². The van der Waals surface area contributed by atoms with Crippen molar-refractivity contribution in [2.24, 2.45) is 0 Å². The minimum atomic E-state index is -0.290. The first-order valence-electron chi connectivity index (χ1n) is 9.69. The Morgan fingerprint density at radius 3 is 2.75 bits per heavy atom. The largest absolute Gasteiger partial charge is 0.420 e. The normalized spacial score (nSPS) is 16.4. The van der Waals surface area contributed by atoms with Crippen LogP contribution in [0.2, 0.25) is 5.02 Å². The summed E-state index contributed by atoms with van der Waals surface area (Å²) in [6.07, 6.45) is 1.83. The van der Waals surface area contributed by atoms with Crippen molar-refractivity contribution in [2.75, 3.05) is 13.1 Å². The lowest BCUT2D eigenvalue weighted by atomic mass is 10.0. The van der Waals surface area contributed by atoms with E-state index in [1.807, 2.05) is 6.07 Å². The molecule has 1 saturated heterocycles. The van der Waals surface area contributed by atoms with Crippen molar-refractivity contribution in [2.45, 2.75) is 32.4 Å². The SMILES string of the molecule is Cc1c(CN2CCC(n3c(=O)oc4ccc(Cl)cc43)CC2)[nH]c2ccccc12. The standard InChI is InChI=1S/C22H22ClN3O2/c1-14-17-4-2-3-5-18(17)24-19(14)13-25-10-8-16(9-11-25)26-20-12-15(23)6-7-21(20)28-22(26)27/h2-7,12,16,24H,8-11,13H2,1H3. The van der Waals surface area contributed by atoms with E-state index < -0.39 is 0 Å². The molecule has 0 radical (unpaired) electrons. The highest BCUT2D eigenvalue weighted by Gasteiger charge is 2.25. The molecule has 1 aliphatic heterocycles. The van der Waals surface area contributed by atoms with Crippen LogP contribution in [0.5, 0.6) is 0 Å². The summed E-state index contributed by atoms with van der Waals surface area (Å²) in [4.78, 5) is 18.4. The summed E-state index contributed by atoms with van der Waals surface area (Å²) in [7, 11) is 0. The predicted octanol–water partition coefficient (Wildman–Crippen LogP) is 4.87. The number of aromatic nitrogens is 2. The number of nitrogens with one attached hydrogen (secondary N) is 1. The number of aryl methyl sites for hydroxylation is 1. The van der Waals surface area contributed by atoms with Gasteiger partial charge in [0, 0.05) is 47.3 Å². The number of piperidine rings is 1. The number of hydrogen-bond acceptors (Lipinski definition) is 3. The van der Waals surface area contributed by atoms with Gasteiger partial charge in [0.2, 0.25) is 0 Å². The molecule has 5 nitrogen and oxygen atoms in total. The van der Waals surface area contributed by atoms with Crippen molar-refractivity contribution in [3.63, 3.8) is 0 Å². The van der Waals surface area contributed by atoms with Gasteiger partial charge in [0.1, 0.15) is 0 Å². The Morgan fingerprint density at radius 1 is 1.18 bits per heavy atom. The molecule has 0 spiro atoms. The smallest absolute Gasteiger partial charge is 0.408 e. The van der Waals surface area contributed by atoms with Crippen LogP contribution >= 0.6 is 11.6 Å². The predicted molar refractivity (Wildman–Crippen MR) is 112 cm³/mol. The molecule has 0 aliphatic carbocycles. The maximum atomic E-state index is 12.4. The minimum Gasteiger partial charge on any atom is -0.408 e. The van der Waals surface area contributed by atoms with E-state index in [0.29, 0.717) is 10.6 Å². The fourth-order valence-corrected chi connectivity index (χ4v) is 4.57. The Kier molecular flexibility index (Phi) is 4.29. The van der Waals surface area contributed by atoms with Crippen molar-refractivity contribution in [1.82, 2.24) is 14.5 Å². The minimum absolute atomic E-state index is 0.146. The van der Waals surface area contributed by atoms with Crippen molar-refractivity contribution in [1.29, 1.82) is 0 Å². The van der Waals surface area contributed by atoms with Crippen LogP contribution < -0.4 is 5.76 Å². The number of oxazole rings is 1. The summed E-state index contributed by atoms with van der Waals surface area (Å²) in [5, 5.41) is 1.91. The van der Waals surface area contributed by atoms with E-state index in [-0.39, 0.29) is 11.8 Å². The third-order valence-corrected chi connectivity index (χ3v) is 6.18. The number of likely N-dealkylation sites (tertiary alicyclic amines) is 1. The Hall–Kier alpha value is -2.50. The summed E-state index contributed by atoms with van der Waals surface area (Å²) >= 11 is 6.13. The lowest BCUT2D eigenvalue weighted by Gasteiger charge is -2.32. The van der Waals surface area contributed by atoms with Gasteiger partial charge in [-0.05, 0) is 49.6 Å². The molecule has 1 fully saturated rings. The second-order valence-electron chi connectivity index (χ2n) is 7.63. The lowest BCUT2D eigenvalue weighted by Crippen LogP contribution is -2.36. The van der Waals surface area contributed by atoms with Gasteiger partial charge in [-0.25, -0.2) is 4.79 Å². The summed E-state index contributed by atoms with van der Waals surface area (Å²) in [5.74, 6) is -0.290. The topological polar surface area (TPSA) is 54.2 Å². The highest BCUT2D eigenvalue weighted by Crippen LogP contribution is 2.29. The van der Waals surface area contributed by atoms with Crippen LogP contribution in [0, 0.1) is 6.92 Å². The van der Waals surface area contributed by atoms with Gasteiger partial charge in [-0.15, -0.1) is 0 Å². The molecule has 6 heteroatoms. The van der Waals surface area contributed by atoms with Gasteiger partial charge in [-0.3, -0.25) is 9.47 Å². The first-order valence-corrected chi connectivity index (χ1v) is 10.1. The molecule has 144 valence electrons. The maximum Gasteiger partial charge on any atom is 0.420 e. The zero-order chi connectivity index (χ0) is 19.3. The summed E-state index contributed by atoms with van der Waals surface area (Å²) < 4.78 is 7.19. The molecule has 0 bridgehead atoms. The molecule has 2 aromatic heterocycles. The number of rotatable bonds is 3. The third kappa shape index (κ3) is 2.95. The maximum absolute atomic E-state index is 12.4. The molecule has 28 heavy (non-hydrogen) atoms. The number of nitrogens with zero attached hydrogens (tertiary/aromatic N) is 2. The van der Waals surface area contributed by atoms with Crippen LogP contribution in [-0.4, -0.2) is 27.5 Å². The quantitative estimate of drug-likeness (QED) is 0.538. The van der Waals surface area contributed by atoms with E-state index >= 15 is 0 Å². The highest BCUT2D eigenvalue weighted by molar-refractivity contribution is 6.31. The van der Waals surface area contributed by atoms with E-state index in [1.54, 1.807) is 16.7 Å². The number of fused-ring (bicyclic) bond motifs is 2. The van der Waals surface area contributed by atoms with Crippen LogP contribution in [-0.2, 0) is 6.54 Å². The Morgan fingerprint density at radius 2 is 1.96 bits per heavy atom. The molecule has 4 aromatic rings. The molecule has 2 aromatic carbocycles. The van der Waals surface area contributed by atoms with E-state index in [4.69, 9.17) is 16.0 Å². The molecule has 0 unspecified atom stereocenters. The second-order valence-corrected chi connectivity index (χ2v) is 8.07. The van der Waals surface area contributed by atoms with Crippen molar-refractivity contribution < 1.29 is 4.42 Å². The van der Waals surface area contributed by atoms with E-state index in [2.05, 4.69) is 41.1 Å². The Balaban J connectivity index is 1.34. The number of para-hydroxylation sites is 1. The number of benzene rings is 2. The zero-order valence-corrected chi connectivity index (χ0v) is 16.5. The van der Waals surface area contributed by atoms with Crippen molar-refractivity contribution >= 4 is 33.6 Å². The van der Waals surface area contributed by atoms with Crippen molar-refractivity contribution in [3.8, 4) is 0 Å². The average Bonchev–Trinajstić information content (AvgIpc) is 3.19. The molecule has 0 atom stereocenters. The number of H-pyrrole nitrogens is 1. The molecule has 3 heterocycles. The highest BCUT2D eigenvalue weighted by atomic mass is 35.5. The monoisotopic (exact) mass is 395 g/mol. The zero-order valence-electron chi connectivity index (χ0n) is 15.7. The summed E-state index contributed by atoms with van der Waals surface area (Å²) in [5.41, 5.74) is 5.19. The van der Waals surface area contributed by atoms with Gasteiger partial charge in [0.05, 0.1) is 5.52 Å². The lowest BCUT2D eigenvalue weighted by molar-refractivity contribution is 0.176. The Labute approximate surface area is 167 Å². The molecule has 0 amide bonds. The van der Waals surface area contributed by atoms with Gasteiger partial charge < -0.3 is 9.40 Å². The van der Waals surface area contributed by atoms with Crippen LogP contribution in [0.15, 0.2) is 51.7 Å². The second kappa shape index (κ2) is 6.83. The molecule has 1 aliphatic rings. The fraction of sp³-hybridized carbons (Fsp3) is 0.318. The molecule has 5 rings (SSSR count). The van der Waals surface area contributed by atoms with Gasteiger partial charge in [0.15, 0.2) is 5.58 Å². The van der Waals surface area contributed by atoms with Crippen molar-refractivity contribution in [3.05, 3.63) is 69.3 Å². The van der Waals surface area contributed by atoms with Gasteiger partial charge in [-0.2, -0.15) is 0 Å².